The number of allylic oxidation sites excluding steroid dienone is 1. The van der Waals surface area contributed by atoms with Gasteiger partial charge in [-0.15, -0.1) is 0 Å². The SMILES string of the molecule is C=C1NC(=O)C/C1=C\c1cnn2c(NC3CC3)cc(NC(=O)OC)nc12. The Kier molecular flexibility index (Phi) is 3.83. The molecule has 1 saturated heterocycles. The van der Waals surface area contributed by atoms with E-state index in [4.69, 9.17) is 0 Å². The maximum atomic E-state index is 11.6. The van der Waals surface area contributed by atoms with Gasteiger partial charge in [-0.2, -0.15) is 9.61 Å². The van der Waals surface area contributed by atoms with Crippen LogP contribution >= 0.6 is 0 Å². The fourth-order valence-electron chi connectivity index (χ4n) is 2.74. The van der Waals surface area contributed by atoms with Crippen LogP contribution in [0.3, 0.4) is 0 Å². The number of aromatic nitrogens is 3. The van der Waals surface area contributed by atoms with Crippen molar-refractivity contribution >= 4 is 35.4 Å². The molecule has 9 heteroatoms. The number of anilines is 2. The van der Waals surface area contributed by atoms with Gasteiger partial charge in [0.25, 0.3) is 0 Å². The van der Waals surface area contributed by atoms with E-state index in [1.165, 1.54) is 7.11 Å². The normalized spacial score (nSPS) is 18.3. The van der Waals surface area contributed by atoms with E-state index in [1.807, 2.05) is 6.08 Å². The largest absolute Gasteiger partial charge is 0.453 e. The van der Waals surface area contributed by atoms with Crippen molar-refractivity contribution in [3.8, 4) is 0 Å². The zero-order valence-electron chi connectivity index (χ0n) is 14.2. The van der Waals surface area contributed by atoms with E-state index in [1.54, 1.807) is 16.8 Å². The summed E-state index contributed by atoms with van der Waals surface area (Å²) in [5, 5.41) is 13.0. The lowest BCUT2D eigenvalue weighted by Crippen LogP contribution is -2.14. The maximum absolute atomic E-state index is 11.6. The third-order valence-corrected chi connectivity index (χ3v) is 4.20. The first-order chi connectivity index (χ1) is 12.5. The van der Waals surface area contributed by atoms with E-state index in [0.717, 1.165) is 29.8 Å². The summed E-state index contributed by atoms with van der Waals surface area (Å²) in [6.07, 6.45) is 5.36. The number of carbonyl (C=O) groups excluding carboxylic acids is 2. The van der Waals surface area contributed by atoms with Crippen LogP contribution in [-0.2, 0) is 9.53 Å². The molecular weight excluding hydrogens is 336 g/mol. The molecule has 4 rings (SSSR count). The average Bonchev–Trinajstić information content (AvgIpc) is 3.24. The van der Waals surface area contributed by atoms with Crippen molar-refractivity contribution < 1.29 is 14.3 Å². The Balaban J connectivity index is 1.77. The van der Waals surface area contributed by atoms with Gasteiger partial charge in [-0.25, -0.2) is 9.78 Å². The fraction of sp³-hybridized carbons (Fsp3) is 0.294. The second kappa shape index (κ2) is 6.17. The van der Waals surface area contributed by atoms with Crippen LogP contribution in [0, 0.1) is 0 Å². The monoisotopic (exact) mass is 354 g/mol. The molecule has 9 nitrogen and oxygen atoms in total. The van der Waals surface area contributed by atoms with Crippen molar-refractivity contribution in [1.82, 2.24) is 19.9 Å². The first kappa shape index (κ1) is 16.1. The smallest absolute Gasteiger partial charge is 0.412 e. The topological polar surface area (TPSA) is 110 Å². The lowest BCUT2D eigenvalue weighted by atomic mass is 10.1. The molecule has 2 amide bonds. The molecule has 2 aliphatic rings. The quantitative estimate of drug-likeness (QED) is 0.774. The Morgan fingerprint density at radius 1 is 1.50 bits per heavy atom. The number of amides is 2. The number of methoxy groups -OCH3 is 1. The molecule has 3 heterocycles. The van der Waals surface area contributed by atoms with E-state index >= 15 is 0 Å². The predicted molar refractivity (Wildman–Crippen MR) is 95.5 cm³/mol. The molecule has 2 aromatic heterocycles. The summed E-state index contributed by atoms with van der Waals surface area (Å²) in [7, 11) is 1.29. The highest BCUT2D eigenvalue weighted by atomic mass is 16.5. The maximum Gasteiger partial charge on any atom is 0.412 e. The number of fused-ring (bicyclic) bond motifs is 1. The lowest BCUT2D eigenvalue weighted by molar-refractivity contribution is -0.118. The summed E-state index contributed by atoms with van der Waals surface area (Å²) >= 11 is 0. The average molecular weight is 354 g/mol. The Morgan fingerprint density at radius 3 is 2.96 bits per heavy atom. The van der Waals surface area contributed by atoms with Crippen molar-refractivity contribution in [2.75, 3.05) is 17.7 Å². The highest BCUT2D eigenvalue weighted by molar-refractivity contribution is 5.90. The number of ether oxygens (including phenoxy) is 1. The summed E-state index contributed by atoms with van der Waals surface area (Å²) < 4.78 is 6.32. The number of nitrogens with zero attached hydrogens (tertiary/aromatic N) is 3. The molecule has 1 saturated carbocycles. The highest BCUT2D eigenvalue weighted by Gasteiger charge is 2.24. The molecule has 1 aliphatic carbocycles. The van der Waals surface area contributed by atoms with Gasteiger partial charge in [0.15, 0.2) is 5.65 Å². The Labute approximate surface area is 149 Å². The van der Waals surface area contributed by atoms with Crippen molar-refractivity contribution in [2.24, 2.45) is 0 Å². The predicted octanol–water partition coefficient (Wildman–Crippen LogP) is 1.90. The van der Waals surface area contributed by atoms with Crippen LogP contribution in [0.4, 0.5) is 16.4 Å². The number of hydrogen-bond acceptors (Lipinski definition) is 6. The van der Waals surface area contributed by atoms with Gasteiger partial charge in [0.1, 0.15) is 11.6 Å². The third-order valence-electron chi connectivity index (χ3n) is 4.20. The van der Waals surface area contributed by atoms with Gasteiger partial charge in [-0.05, 0) is 24.5 Å². The number of nitrogens with one attached hydrogen (secondary N) is 3. The molecule has 0 aromatic carbocycles. The molecule has 0 radical (unpaired) electrons. The van der Waals surface area contributed by atoms with Gasteiger partial charge >= 0.3 is 6.09 Å². The molecule has 0 atom stereocenters. The van der Waals surface area contributed by atoms with Crippen LogP contribution in [0.25, 0.3) is 11.7 Å². The summed E-state index contributed by atoms with van der Waals surface area (Å²) in [4.78, 5) is 27.6. The molecule has 26 heavy (non-hydrogen) atoms. The minimum absolute atomic E-state index is 0.0881. The number of rotatable bonds is 4. The van der Waals surface area contributed by atoms with E-state index < -0.39 is 6.09 Å². The number of hydrogen-bond donors (Lipinski definition) is 3. The van der Waals surface area contributed by atoms with E-state index in [0.29, 0.717) is 23.2 Å². The van der Waals surface area contributed by atoms with E-state index in [9.17, 15) is 9.59 Å². The first-order valence-electron chi connectivity index (χ1n) is 8.23. The molecule has 134 valence electrons. The van der Waals surface area contributed by atoms with Gasteiger partial charge in [-0.3, -0.25) is 10.1 Å². The summed E-state index contributed by atoms with van der Waals surface area (Å²) in [5.41, 5.74) is 2.65. The molecule has 1 aliphatic heterocycles. The van der Waals surface area contributed by atoms with Crippen LogP contribution in [0.5, 0.6) is 0 Å². The molecule has 0 unspecified atom stereocenters. The Morgan fingerprint density at radius 2 is 2.31 bits per heavy atom. The van der Waals surface area contributed by atoms with Gasteiger partial charge < -0.3 is 15.4 Å². The molecule has 2 aromatic rings. The third kappa shape index (κ3) is 3.10. The molecule has 2 fully saturated rings. The van der Waals surface area contributed by atoms with Crippen molar-refractivity contribution in [3.05, 3.63) is 35.7 Å². The van der Waals surface area contributed by atoms with Crippen LogP contribution in [0.2, 0.25) is 0 Å². The highest BCUT2D eigenvalue weighted by Crippen LogP contribution is 2.28. The fourth-order valence-corrected chi connectivity index (χ4v) is 2.74. The van der Waals surface area contributed by atoms with Gasteiger partial charge in [-0.1, -0.05) is 6.58 Å². The minimum Gasteiger partial charge on any atom is -0.453 e. The van der Waals surface area contributed by atoms with Crippen LogP contribution in [0.15, 0.2) is 30.1 Å². The summed E-state index contributed by atoms with van der Waals surface area (Å²) in [6.45, 7) is 3.85. The zero-order chi connectivity index (χ0) is 18.3. The Hall–Kier alpha value is -3.36. The first-order valence-corrected chi connectivity index (χ1v) is 8.23. The van der Waals surface area contributed by atoms with Crippen LogP contribution < -0.4 is 16.0 Å². The molecular formula is C17H18N6O3. The second-order valence-corrected chi connectivity index (χ2v) is 6.27. The zero-order valence-corrected chi connectivity index (χ0v) is 14.2. The Bertz CT molecular complexity index is 957. The van der Waals surface area contributed by atoms with Crippen LogP contribution in [-0.4, -0.2) is 39.8 Å². The van der Waals surface area contributed by atoms with Gasteiger partial charge in [0, 0.05) is 23.4 Å². The second-order valence-electron chi connectivity index (χ2n) is 6.27. The van der Waals surface area contributed by atoms with E-state index in [-0.39, 0.29) is 12.3 Å². The molecule has 0 spiro atoms. The minimum atomic E-state index is -0.599. The standard InChI is InChI=1S/C17H18N6O3/c1-9-10(6-15(24)19-9)5-11-8-18-23-14(20-12-3-4-12)7-13(21-16(11)23)22-17(25)26-2/h5,7-8,12,20H,1,3-4,6H2,2H3,(H,19,24)(H,21,22,25)/b10-5+. The molecule has 3 N–H and O–H groups in total. The summed E-state index contributed by atoms with van der Waals surface area (Å²) in [6, 6.07) is 2.11. The number of carbonyl (C=O) groups is 2. The van der Waals surface area contributed by atoms with Gasteiger partial charge in [0.05, 0.1) is 19.7 Å². The van der Waals surface area contributed by atoms with Crippen molar-refractivity contribution in [3.63, 3.8) is 0 Å². The van der Waals surface area contributed by atoms with Crippen molar-refractivity contribution in [2.45, 2.75) is 25.3 Å². The molecule has 0 bridgehead atoms. The van der Waals surface area contributed by atoms with Crippen molar-refractivity contribution in [1.29, 1.82) is 0 Å². The lowest BCUT2D eigenvalue weighted by Gasteiger charge is -2.10. The van der Waals surface area contributed by atoms with E-state index in [2.05, 4.69) is 37.3 Å². The van der Waals surface area contributed by atoms with Crippen LogP contribution in [0.1, 0.15) is 24.8 Å². The van der Waals surface area contributed by atoms with Gasteiger partial charge in [0.2, 0.25) is 5.91 Å². The summed E-state index contributed by atoms with van der Waals surface area (Å²) in [5.74, 6) is 0.995.